The maximum absolute atomic E-state index is 12.6. The number of aromatic nitrogens is 3. The van der Waals surface area contributed by atoms with Crippen LogP contribution in [0.1, 0.15) is 43.9 Å². The summed E-state index contributed by atoms with van der Waals surface area (Å²) in [6, 6.07) is 1.94. The summed E-state index contributed by atoms with van der Waals surface area (Å²) in [6.45, 7) is 5.86. The topological polar surface area (TPSA) is 80.2 Å². The number of likely N-dealkylation sites (N-methyl/N-ethyl adjacent to an activating group) is 1. The van der Waals surface area contributed by atoms with Gasteiger partial charge in [0.15, 0.2) is 5.82 Å². The SMILES string of the molecule is Cc1nc(CC2CC(Oc3ccc(C(F)(F)F)nc3)C2)nc2c1NC(=O)[C@H](C(C)C)N2C. The molecule has 7 nitrogen and oxygen atoms in total. The highest BCUT2D eigenvalue weighted by molar-refractivity contribution is 6.03. The number of nitrogens with one attached hydrogen (secondary N) is 1. The second kappa shape index (κ2) is 8.22. The number of rotatable bonds is 5. The fourth-order valence-electron chi connectivity index (χ4n) is 4.37. The Balaban J connectivity index is 1.37. The van der Waals surface area contributed by atoms with Crippen LogP contribution in [0.3, 0.4) is 0 Å². The predicted octanol–water partition coefficient (Wildman–Crippen LogP) is 4.01. The van der Waals surface area contributed by atoms with Crippen LogP contribution >= 0.6 is 0 Å². The molecule has 0 spiro atoms. The van der Waals surface area contributed by atoms with E-state index >= 15 is 0 Å². The normalized spacial score (nSPS) is 22.9. The lowest BCUT2D eigenvalue weighted by molar-refractivity contribution is -0.141. The van der Waals surface area contributed by atoms with Gasteiger partial charge in [0, 0.05) is 13.5 Å². The van der Waals surface area contributed by atoms with Gasteiger partial charge in [-0.15, -0.1) is 0 Å². The standard InChI is InChI=1S/C22H26F3N5O2/c1-11(2)19-21(31)29-18-12(3)27-17(28-20(18)30(19)4)9-13-7-15(8-13)32-14-5-6-16(26-10-14)22(23,24)25/h5-6,10-11,13,15,19H,7-9H2,1-4H3,(H,29,31)/t13?,15?,19-/m0/s1. The molecular formula is C22H26F3N5O2. The summed E-state index contributed by atoms with van der Waals surface area (Å²) in [7, 11) is 1.88. The molecule has 1 atom stereocenters. The van der Waals surface area contributed by atoms with Crippen LogP contribution in [0.15, 0.2) is 18.3 Å². The minimum Gasteiger partial charge on any atom is -0.489 e. The summed E-state index contributed by atoms with van der Waals surface area (Å²) >= 11 is 0. The van der Waals surface area contributed by atoms with E-state index in [4.69, 9.17) is 9.72 Å². The molecule has 0 saturated heterocycles. The number of amides is 1. The molecule has 2 aromatic heterocycles. The summed E-state index contributed by atoms with van der Waals surface area (Å²) in [5, 5.41) is 2.94. The van der Waals surface area contributed by atoms with Crippen molar-refractivity contribution in [2.24, 2.45) is 11.8 Å². The van der Waals surface area contributed by atoms with Crippen molar-refractivity contribution in [3.05, 3.63) is 35.5 Å². The molecule has 1 amide bonds. The van der Waals surface area contributed by atoms with Gasteiger partial charge in [0.05, 0.1) is 18.0 Å². The van der Waals surface area contributed by atoms with E-state index in [2.05, 4.69) is 15.3 Å². The Morgan fingerprint density at radius 3 is 2.56 bits per heavy atom. The molecule has 0 radical (unpaired) electrons. The van der Waals surface area contributed by atoms with Gasteiger partial charge in [-0.3, -0.25) is 4.79 Å². The minimum absolute atomic E-state index is 0.0498. The van der Waals surface area contributed by atoms with Gasteiger partial charge in [-0.2, -0.15) is 13.2 Å². The lowest BCUT2D eigenvalue weighted by Crippen LogP contribution is -2.50. The van der Waals surface area contributed by atoms with Gasteiger partial charge in [-0.1, -0.05) is 13.8 Å². The van der Waals surface area contributed by atoms with Crippen LogP contribution in [-0.2, 0) is 17.4 Å². The number of pyridine rings is 1. The fraction of sp³-hybridized carbons (Fsp3) is 0.545. The molecule has 2 aliphatic rings. The molecule has 1 aliphatic carbocycles. The number of ether oxygens (including phenoxy) is 1. The largest absolute Gasteiger partial charge is 0.489 e. The highest BCUT2D eigenvalue weighted by Crippen LogP contribution is 2.37. The third-order valence-electron chi connectivity index (χ3n) is 6.01. The third-order valence-corrected chi connectivity index (χ3v) is 6.01. The fourth-order valence-corrected chi connectivity index (χ4v) is 4.37. The molecule has 4 rings (SSSR count). The third kappa shape index (κ3) is 4.35. The number of carbonyl (C=O) groups is 1. The van der Waals surface area contributed by atoms with E-state index in [1.165, 1.54) is 6.07 Å². The van der Waals surface area contributed by atoms with E-state index in [0.29, 0.717) is 29.6 Å². The Morgan fingerprint density at radius 2 is 1.97 bits per heavy atom. The van der Waals surface area contributed by atoms with Crippen LogP contribution in [0.4, 0.5) is 24.7 Å². The first-order valence-corrected chi connectivity index (χ1v) is 10.6. The van der Waals surface area contributed by atoms with Crippen LogP contribution in [0, 0.1) is 18.8 Å². The average molecular weight is 449 g/mol. The molecule has 1 fully saturated rings. The second-order valence-corrected chi connectivity index (χ2v) is 8.87. The number of hydrogen-bond acceptors (Lipinski definition) is 6. The van der Waals surface area contributed by atoms with Crippen LogP contribution in [0.2, 0.25) is 0 Å². The van der Waals surface area contributed by atoms with Crippen LogP contribution in [-0.4, -0.2) is 40.1 Å². The molecule has 0 bridgehead atoms. The Labute approximate surface area is 184 Å². The molecule has 3 heterocycles. The predicted molar refractivity (Wildman–Crippen MR) is 113 cm³/mol. The van der Waals surface area contributed by atoms with Crippen molar-refractivity contribution >= 4 is 17.4 Å². The Bertz CT molecular complexity index is 1000. The van der Waals surface area contributed by atoms with Gasteiger partial charge < -0.3 is 15.0 Å². The van der Waals surface area contributed by atoms with Crippen LogP contribution in [0.5, 0.6) is 5.75 Å². The van der Waals surface area contributed by atoms with Crippen molar-refractivity contribution in [3.8, 4) is 5.75 Å². The highest BCUT2D eigenvalue weighted by atomic mass is 19.4. The summed E-state index contributed by atoms with van der Waals surface area (Å²) in [5.74, 6) is 2.19. The first-order chi connectivity index (χ1) is 15.0. The number of hydrogen-bond donors (Lipinski definition) is 1. The first-order valence-electron chi connectivity index (χ1n) is 10.6. The van der Waals surface area contributed by atoms with Crippen molar-refractivity contribution in [2.45, 2.75) is 58.4 Å². The van der Waals surface area contributed by atoms with Gasteiger partial charge in [0.1, 0.15) is 29.0 Å². The molecule has 0 unspecified atom stereocenters. The average Bonchev–Trinajstić information content (AvgIpc) is 2.67. The molecule has 10 heteroatoms. The molecular weight excluding hydrogens is 423 g/mol. The van der Waals surface area contributed by atoms with E-state index < -0.39 is 11.9 Å². The monoisotopic (exact) mass is 449 g/mol. The molecule has 32 heavy (non-hydrogen) atoms. The van der Waals surface area contributed by atoms with E-state index in [1.54, 1.807) is 0 Å². The summed E-state index contributed by atoms with van der Waals surface area (Å²) < 4.78 is 43.6. The maximum Gasteiger partial charge on any atom is 0.433 e. The molecule has 2 aromatic rings. The van der Waals surface area contributed by atoms with E-state index in [9.17, 15) is 18.0 Å². The summed E-state index contributed by atoms with van der Waals surface area (Å²) in [4.78, 5) is 27.1. The Morgan fingerprint density at radius 1 is 1.25 bits per heavy atom. The van der Waals surface area contributed by atoms with E-state index in [1.807, 2.05) is 32.7 Å². The number of halogens is 3. The Kier molecular flexibility index (Phi) is 5.72. The molecule has 1 N–H and O–H groups in total. The smallest absolute Gasteiger partial charge is 0.433 e. The zero-order valence-electron chi connectivity index (χ0n) is 18.4. The van der Waals surface area contributed by atoms with E-state index in [0.717, 1.165) is 36.6 Å². The quantitative estimate of drug-likeness (QED) is 0.743. The van der Waals surface area contributed by atoms with Crippen molar-refractivity contribution in [1.82, 2.24) is 15.0 Å². The summed E-state index contributed by atoms with van der Waals surface area (Å²) in [6.07, 6.45) is -1.21. The lowest BCUT2D eigenvalue weighted by atomic mass is 9.80. The Hall–Kier alpha value is -2.91. The number of anilines is 2. The second-order valence-electron chi connectivity index (χ2n) is 8.87. The molecule has 172 valence electrons. The van der Waals surface area contributed by atoms with Crippen molar-refractivity contribution in [2.75, 3.05) is 17.3 Å². The molecule has 0 aromatic carbocycles. The van der Waals surface area contributed by atoms with E-state index in [-0.39, 0.29) is 24.0 Å². The van der Waals surface area contributed by atoms with Gasteiger partial charge in [-0.25, -0.2) is 15.0 Å². The highest BCUT2D eigenvalue weighted by Gasteiger charge is 2.37. The van der Waals surface area contributed by atoms with Crippen molar-refractivity contribution in [3.63, 3.8) is 0 Å². The first kappa shape index (κ1) is 22.3. The zero-order valence-corrected chi connectivity index (χ0v) is 18.4. The van der Waals surface area contributed by atoms with Crippen molar-refractivity contribution in [1.29, 1.82) is 0 Å². The zero-order chi connectivity index (χ0) is 23.2. The van der Waals surface area contributed by atoms with Gasteiger partial charge in [-0.05, 0) is 43.7 Å². The molecule has 1 saturated carbocycles. The number of fused-ring (bicyclic) bond motifs is 1. The molecule has 1 aliphatic heterocycles. The number of nitrogens with zero attached hydrogens (tertiary/aromatic N) is 4. The van der Waals surface area contributed by atoms with Gasteiger partial charge >= 0.3 is 6.18 Å². The van der Waals surface area contributed by atoms with Crippen LogP contribution < -0.4 is 15.0 Å². The minimum atomic E-state index is -4.46. The number of alkyl halides is 3. The number of aryl methyl sites for hydroxylation is 1. The van der Waals surface area contributed by atoms with Gasteiger partial charge in [0.25, 0.3) is 0 Å². The number of carbonyl (C=O) groups excluding carboxylic acids is 1. The van der Waals surface area contributed by atoms with Crippen LogP contribution in [0.25, 0.3) is 0 Å². The maximum atomic E-state index is 12.6. The lowest BCUT2D eigenvalue weighted by Gasteiger charge is -2.38. The summed E-state index contributed by atoms with van der Waals surface area (Å²) in [5.41, 5.74) is 0.454. The van der Waals surface area contributed by atoms with Gasteiger partial charge in [0.2, 0.25) is 5.91 Å². The van der Waals surface area contributed by atoms with Crippen molar-refractivity contribution < 1.29 is 22.7 Å².